The molecule has 5 heteroatoms. The molecule has 4 nitrogen and oxygen atoms in total. The van der Waals surface area contributed by atoms with Gasteiger partial charge < -0.3 is 5.32 Å². The van der Waals surface area contributed by atoms with Gasteiger partial charge in [-0.25, -0.2) is 0 Å². The smallest absolute Gasteiger partial charge is 0.224 e. The van der Waals surface area contributed by atoms with E-state index >= 15 is 0 Å². The van der Waals surface area contributed by atoms with Gasteiger partial charge in [-0.2, -0.15) is 0 Å². The fourth-order valence-electron chi connectivity index (χ4n) is 4.62. The summed E-state index contributed by atoms with van der Waals surface area (Å²) in [6.45, 7) is 1.57. The number of carbonyl (C=O) groups excluding carboxylic acids is 2. The molecule has 1 aromatic heterocycles. The Hall–Kier alpha value is -3.18. The van der Waals surface area contributed by atoms with Crippen molar-refractivity contribution in [2.75, 3.05) is 10.2 Å². The van der Waals surface area contributed by atoms with E-state index in [1.807, 2.05) is 60.0 Å². The Morgan fingerprint density at radius 1 is 1.00 bits per heavy atom. The van der Waals surface area contributed by atoms with E-state index in [4.69, 9.17) is 0 Å². The number of ketones is 1. The number of thiophene rings is 1. The number of benzene rings is 2. The van der Waals surface area contributed by atoms with Crippen molar-refractivity contribution in [3.8, 4) is 0 Å². The minimum Gasteiger partial charge on any atom is -0.357 e. The SMILES string of the molecule is CC(=O)N1c2ccccc2NC2=C(C(=O)CC(c3ccccc3)C2)C1c1cccs1. The molecular weight excluding hydrogens is 392 g/mol. The summed E-state index contributed by atoms with van der Waals surface area (Å²) in [5.74, 6) is 0.161. The Balaban J connectivity index is 1.69. The number of para-hydroxylation sites is 2. The summed E-state index contributed by atoms with van der Waals surface area (Å²) < 4.78 is 0. The van der Waals surface area contributed by atoms with Crippen LogP contribution in [0.2, 0.25) is 0 Å². The van der Waals surface area contributed by atoms with Crippen molar-refractivity contribution in [2.45, 2.75) is 31.7 Å². The van der Waals surface area contributed by atoms with Crippen molar-refractivity contribution in [3.05, 3.63) is 93.8 Å². The van der Waals surface area contributed by atoms with Crippen molar-refractivity contribution in [1.82, 2.24) is 0 Å². The van der Waals surface area contributed by atoms with Crippen LogP contribution in [0.15, 0.2) is 83.4 Å². The van der Waals surface area contributed by atoms with Crippen LogP contribution in [0.3, 0.4) is 0 Å². The molecule has 1 amide bonds. The lowest BCUT2D eigenvalue weighted by Crippen LogP contribution is -2.36. The minimum absolute atomic E-state index is 0.0746. The first-order chi connectivity index (χ1) is 14.6. The molecule has 5 rings (SSSR count). The number of fused-ring (bicyclic) bond motifs is 1. The summed E-state index contributed by atoms with van der Waals surface area (Å²) in [7, 11) is 0. The molecule has 1 N–H and O–H groups in total. The average molecular weight is 415 g/mol. The van der Waals surface area contributed by atoms with Gasteiger partial charge in [0.25, 0.3) is 0 Å². The molecule has 2 aliphatic rings. The highest BCUT2D eigenvalue weighted by Gasteiger charge is 2.41. The molecule has 2 unspecified atom stereocenters. The van der Waals surface area contributed by atoms with Crippen molar-refractivity contribution >= 4 is 34.4 Å². The zero-order valence-electron chi connectivity index (χ0n) is 16.7. The van der Waals surface area contributed by atoms with Crippen LogP contribution in [-0.4, -0.2) is 11.7 Å². The fourth-order valence-corrected chi connectivity index (χ4v) is 5.44. The number of carbonyl (C=O) groups is 2. The number of amides is 1. The Morgan fingerprint density at radius 2 is 1.77 bits per heavy atom. The van der Waals surface area contributed by atoms with Gasteiger partial charge in [-0.05, 0) is 41.5 Å². The minimum atomic E-state index is -0.405. The Labute approximate surface area is 179 Å². The van der Waals surface area contributed by atoms with Gasteiger partial charge in [0.05, 0.1) is 11.4 Å². The number of allylic oxidation sites excluding steroid dienone is 1. The summed E-state index contributed by atoms with van der Waals surface area (Å²) in [5.41, 5.74) is 4.49. The molecular formula is C25H22N2O2S. The van der Waals surface area contributed by atoms with E-state index in [2.05, 4.69) is 17.4 Å². The van der Waals surface area contributed by atoms with Crippen LogP contribution in [0.25, 0.3) is 0 Å². The average Bonchev–Trinajstić information content (AvgIpc) is 3.23. The zero-order valence-corrected chi connectivity index (χ0v) is 17.5. The molecule has 2 heterocycles. The van der Waals surface area contributed by atoms with Crippen LogP contribution in [0, 0.1) is 0 Å². The zero-order chi connectivity index (χ0) is 20.7. The van der Waals surface area contributed by atoms with Gasteiger partial charge in [0.1, 0.15) is 6.04 Å². The number of nitrogens with one attached hydrogen (secondary N) is 1. The number of hydrogen-bond acceptors (Lipinski definition) is 4. The molecule has 3 aromatic rings. The fraction of sp³-hybridized carbons (Fsp3) is 0.200. The molecule has 2 atom stereocenters. The van der Waals surface area contributed by atoms with E-state index in [1.165, 1.54) is 5.56 Å². The molecule has 1 aliphatic heterocycles. The van der Waals surface area contributed by atoms with Crippen LogP contribution < -0.4 is 10.2 Å². The number of Topliss-reactive ketones (excluding diaryl/α,β-unsaturated/α-hetero) is 1. The highest BCUT2D eigenvalue weighted by atomic mass is 32.1. The Bertz CT molecular complexity index is 1130. The van der Waals surface area contributed by atoms with Crippen molar-refractivity contribution in [1.29, 1.82) is 0 Å². The molecule has 0 saturated carbocycles. The first-order valence-corrected chi connectivity index (χ1v) is 11.0. The lowest BCUT2D eigenvalue weighted by molar-refractivity contribution is -0.117. The van der Waals surface area contributed by atoms with E-state index in [9.17, 15) is 9.59 Å². The van der Waals surface area contributed by atoms with E-state index in [1.54, 1.807) is 23.2 Å². The largest absolute Gasteiger partial charge is 0.357 e. The van der Waals surface area contributed by atoms with E-state index in [-0.39, 0.29) is 17.6 Å². The van der Waals surface area contributed by atoms with E-state index < -0.39 is 6.04 Å². The van der Waals surface area contributed by atoms with Crippen LogP contribution in [0.1, 0.15) is 42.2 Å². The summed E-state index contributed by atoms with van der Waals surface area (Å²) in [5, 5.41) is 5.54. The van der Waals surface area contributed by atoms with Gasteiger partial charge in [0.15, 0.2) is 5.78 Å². The van der Waals surface area contributed by atoms with Gasteiger partial charge in [0, 0.05) is 29.5 Å². The molecule has 2 aromatic carbocycles. The maximum atomic E-state index is 13.6. The molecule has 0 fully saturated rings. The van der Waals surface area contributed by atoms with Crippen molar-refractivity contribution in [3.63, 3.8) is 0 Å². The van der Waals surface area contributed by atoms with Crippen LogP contribution >= 0.6 is 11.3 Å². The third-order valence-corrected chi connectivity index (χ3v) is 6.84. The number of hydrogen-bond donors (Lipinski definition) is 1. The van der Waals surface area contributed by atoms with Gasteiger partial charge in [-0.15, -0.1) is 11.3 Å². The number of nitrogens with zero attached hydrogens (tertiary/aromatic N) is 1. The summed E-state index contributed by atoms with van der Waals surface area (Å²) in [6.07, 6.45) is 1.20. The maximum Gasteiger partial charge on any atom is 0.224 e. The highest BCUT2D eigenvalue weighted by Crippen LogP contribution is 2.48. The standard InChI is InChI=1S/C25H22N2O2S/c1-16(28)27-21-11-6-5-10-19(21)26-20-14-18(17-8-3-2-4-9-17)15-22(29)24(20)25(27)23-12-7-13-30-23/h2-13,18,25-26H,14-15H2,1H3. The van der Waals surface area contributed by atoms with Gasteiger partial charge in [-0.1, -0.05) is 48.5 Å². The Kier molecular flexibility index (Phi) is 4.75. The molecule has 30 heavy (non-hydrogen) atoms. The maximum absolute atomic E-state index is 13.6. The van der Waals surface area contributed by atoms with Crippen molar-refractivity contribution < 1.29 is 9.59 Å². The second-order valence-corrected chi connectivity index (χ2v) is 8.76. The lowest BCUT2D eigenvalue weighted by atomic mass is 9.79. The van der Waals surface area contributed by atoms with E-state index in [0.717, 1.165) is 33.9 Å². The van der Waals surface area contributed by atoms with Crippen LogP contribution in [0.5, 0.6) is 0 Å². The summed E-state index contributed by atoms with van der Waals surface area (Å²) in [6, 6.07) is 21.6. The molecule has 0 bridgehead atoms. The number of rotatable bonds is 2. The summed E-state index contributed by atoms with van der Waals surface area (Å²) in [4.78, 5) is 29.2. The van der Waals surface area contributed by atoms with Gasteiger partial charge >= 0.3 is 0 Å². The molecule has 0 saturated heterocycles. The monoisotopic (exact) mass is 414 g/mol. The second-order valence-electron chi connectivity index (χ2n) is 7.78. The highest BCUT2D eigenvalue weighted by molar-refractivity contribution is 7.10. The second kappa shape index (κ2) is 7.58. The lowest BCUT2D eigenvalue weighted by Gasteiger charge is -2.33. The van der Waals surface area contributed by atoms with Gasteiger partial charge in [-0.3, -0.25) is 14.5 Å². The molecule has 1 aliphatic carbocycles. The third-order valence-electron chi connectivity index (χ3n) is 5.91. The van der Waals surface area contributed by atoms with Crippen LogP contribution in [-0.2, 0) is 9.59 Å². The molecule has 0 radical (unpaired) electrons. The predicted octanol–water partition coefficient (Wildman–Crippen LogP) is 5.67. The molecule has 150 valence electrons. The predicted molar refractivity (Wildman–Crippen MR) is 121 cm³/mol. The summed E-state index contributed by atoms with van der Waals surface area (Å²) >= 11 is 1.58. The van der Waals surface area contributed by atoms with Crippen molar-refractivity contribution in [2.24, 2.45) is 0 Å². The van der Waals surface area contributed by atoms with Crippen LogP contribution in [0.4, 0.5) is 11.4 Å². The first kappa shape index (κ1) is 18.8. The van der Waals surface area contributed by atoms with Gasteiger partial charge in [0.2, 0.25) is 5.91 Å². The molecule has 0 spiro atoms. The normalized spacial score (nSPS) is 20.8. The first-order valence-electron chi connectivity index (χ1n) is 10.1. The number of anilines is 2. The third kappa shape index (κ3) is 3.15. The Morgan fingerprint density at radius 3 is 2.50 bits per heavy atom. The quantitative estimate of drug-likeness (QED) is 0.588. The van der Waals surface area contributed by atoms with E-state index in [0.29, 0.717) is 6.42 Å². The topological polar surface area (TPSA) is 49.4 Å².